The summed E-state index contributed by atoms with van der Waals surface area (Å²) in [7, 11) is 0. The van der Waals surface area contributed by atoms with Gasteiger partial charge < -0.3 is 15.3 Å². The van der Waals surface area contributed by atoms with E-state index in [9.17, 15) is 14.4 Å². The highest BCUT2D eigenvalue weighted by molar-refractivity contribution is 5.86. The third-order valence-electron chi connectivity index (χ3n) is 2.30. The maximum absolute atomic E-state index is 11.8. The quantitative estimate of drug-likeness (QED) is 0.719. The van der Waals surface area contributed by atoms with Gasteiger partial charge in [0.1, 0.15) is 6.54 Å². The molecule has 6 nitrogen and oxygen atoms in total. The summed E-state index contributed by atoms with van der Waals surface area (Å²) in [6.45, 7) is 7.55. The summed E-state index contributed by atoms with van der Waals surface area (Å²) < 4.78 is 0. The Balaban J connectivity index is 4.25. The highest BCUT2D eigenvalue weighted by Gasteiger charge is 2.19. The van der Waals surface area contributed by atoms with Gasteiger partial charge in [-0.2, -0.15) is 0 Å². The van der Waals surface area contributed by atoms with E-state index in [1.807, 2.05) is 27.7 Å². The van der Waals surface area contributed by atoms with E-state index in [0.717, 1.165) is 0 Å². The van der Waals surface area contributed by atoms with Crippen LogP contribution in [0.1, 0.15) is 40.5 Å². The predicted octanol–water partition coefficient (Wildman–Crippen LogP) is 0.862. The molecule has 0 aromatic carbocycles. The SMILES string of the molecule is CCCN(CC(=O)O)C(=O)CNC(=O)CC(C)(C)C. The lowest BCUT2D eigenvalue weighted by atomic mass is 9.92. The molecule has 6 heteroatoms. The molecule has 110 valence electrons. The van der Waals surface area contributed by atoms with Crippen molar-refractivity contribution in [2.24, 2.45) is 5.41 Å². The van der Waals surface area contributed by atoms with Crippen LogP contribution in [0, 0.1) is 5.41 Å². The van der Waals surface area contributed by atoms with E-state index >= 15 is 0 Å². The average Bonchev–Trinajstić information content (AvgIpc) is 2.22. The van der Waals surface area contributed by atoms with Crippen LogP contribution in [0.15, 0.2) is 0 Å². The number of carbonyl (C=O) groups is 3. The minimum Gasteiger partial charge on any atom is -0.480 e. The molecule has 0 saturated carbocycles. The average molecular weight is 272 g/mol. The van der Waals surface area contributed by atoms with Crippen molar-refractivity contribution in [3.05, 3.63) is 0 Å². The van der Waals surface area contributed by atoms with E-state index in [0.29, 0.717) is 19.4 Å². The smallest absolute Gasteiger partial charge is 0.323 e. The van der Waals surface area contributed by atoms with Crippen molar-refractivity contribution in [1.82, 2.24) is 10.2 Å². The van der Waals surface area contributed by atoms with Crippen LogP contribution in [0.4, 0.5) is 0 Å². The number of rotatable bonds is 7. The summed E-state index contributed by atoms with van der Waals surface area (Å²) in [4.78, 5) is 35.2. The van der Waals surface area contributed by atoms with E-state index in [-0.39, 0.29) is 30.3 Å². The predicted molar refractivity (Wildman–Crippen MR) is 71.6 cm³/mol. The molecule has 0 radical (unpaired) electrons. The Morgan fingerprint density at radius 3 is 2.21 bits per heavy atom. The fourth-order valence-corrected chi connectivity index (χ4v) is 1.56. The number of carboxylic acid groups (broad SMARTS) is 1. The van der Waals surface area contributed by atoms with Gasteiger partial charge >= 0.3 is 5.97 Å². The van der Waals surface area contributed by atoms with E-state index in [1.54, 1.807) is 0 Å². The number of aliphatic carboxylic acids is 1. The second-order valence-electron chi connectivity index (χ2n) is 5.72. The summed E-state index contributed by atoms with van der Waals surface area (Å²) in [5.41, 5.74) is -0.142. The highest BCUT2D eigenvalue weighted by Crippen LogP contribution is 2.17. The summed E-state index contributed by atoms with van der Waals surface area (Å²) in [5, 5.41) is 11.2. The fraction of sp³-hybridized carbons (Fsp3) is 0.769. The molecule has 0 aliphatic carbocycles. The molecule has 0 fully saturated rings. The molecule has 0 bridgehead atoms. The monoisotopic (exact) mass is 272 g/mol. The van der Waals surface area contributed by atoms with Gasteiger partial charge in [-0.1, -0.05) is 27.7 Å². The van der Waals surface area contributed by atoms with Crippen molar-refractivity contribution in [2.75, 3.05) is 19.6 Å². The minimum atomic E-state index is -1.05. The van der Waals surface area contributed by atoms with Crippen molar-refractivity contribution in [3.63, 3.8) is 0 Å². The molecule has 0 aliphatic heterocycles. The number of nitrogens with zero attached hydrogens (tertiary/aromatic N) is 1. The first-order valence-electron chi connectivity index (χ1n) is 6.42. The van der Waals surface area contributed by atoms with Crippen LogP contribution in [0.2, 0.25) is 0 Å². The molecule has 2 amide bonds. The van der Waals surface area contributed by atoms with E-state index in [2.05, 4.69) is 5.32 Å². The van der Waals surface area contributed by atoms with Gasteiger partial charge in [-0.05, 0) is 11.8 Å². The van der Waals surface area contributed by atoms with E-state index in [1.165, 1.54) is 4.90 Å². The standard InChI is InChI=1S/C13H24N2O4/c1-5-6-15(9-12(18)19)11(17)8-14-10(16)7-13(2,3)4/h5-9H2,1-4H3,(H,14,16)(H,18,19). The molecule has 0 aliphatic rings. The summed E-state index contributed by atoms with van der Waals surface area (Å²) in [5.74, 6) is -1.62. The summed E-state index contributed by atoms with van der Waals surface area (Å²) in [6, 6.07) is 0. The molecule has 0 atom stereocenters. The molecule has 2 N–H and O–H groups in total. The summed E-state index contributed by atoms with van der Waals surface area (Å²) in [6.07, 6.45) is 1.00. The number of nitrogens with one attached hydrogen (secondary N) is 1. The van der Waals surface area contributed by atoms with Crippen molar-refractivity contribution in [3.8, 4) is 0 Å². The lowest BCUT2D eigenvalue weighted by Gasteiger charge is -2.21. The van der Waals surface area contributed by atoms with Gasteiger partial charge in [0, 0.05) is 13.0 Å². The lowest BCUT2D eigenvalue weighted by molar-refractivity contribution is -0.144. The minimum absolute atomic E-state index is 0.142. The first-order chi connectivity index (χ1) is 8.65. The van der Waals surface area contributed by atoms with Gasteiger partial charge in [-0.25, -0.2) is 0 Å². The maximum atomic E-state index is 11.8. The molecule has 0 rings (SSSR count). The Bertz CT molecular complexity index is 334. The zero-order chi connectivity index (χ0) is 15.1. The van der Waals surface area contributed by atoms with Gasteiger partial charge in [0.25, 0.3) is 0 Å². The van der Waals surface area contributed by atoms with Crippen LogP contribution < -0.4 is 5.32 Å². The van der Waals surface area contributed by atoms with Gasteiger partial charge in [0.2, 0.25) is 11.8 Å². The van der Waals surface area contributed by atoms with Crippen LogP contribution >= 0.6 is 0 Å². The third-order valence-corrected chi connectivity index (χ3v) is 2.30. The Morgan fingerprint density at radius 2 is 1.79 bits per heavy atom. The van der Waals surface area contributed by atoms with Crippen molar-refractivity contribution in [2.45, 2.75) is 40.5 Å². The molecule has 0 saturated heterocycles. The number of hydrogen-bond donors (Lipinski definition) is 2. The molecule has 0 aromatic heterocycles. The normalized spacial score (nSPS) is 10.9. The molecule has 0 unspecified atom stereocenters. The Labute approximate surface area is 114 Å². The number of carboxylic acids is 1. The lowest BCUT2D eigenvalue weighted by Crippen LogP contribution is -2.43. The Kier molecular flexibility index (Phi) is 7.11. The summed E-state index contributed by atoms with van der Waals surface area (Å²) >= 11 is 0. The fourth-order valence-electron chi connectivity index (χ4n) is 1.56. The molecular formula is C13H24N2O4. The van der Waals surface area contributed by atoms with Crippen LogP contribution in [0.3, 0.4) is 0 Å². The molecule has 19 heavy (non-hydrogen) atoms. The van der Waals surface area contributed by atoms with Crippen molar-refractivity contribution < 1.29 is 19.5 Å². The maximum Gasteiger partial charge on any atom is 0.323 e. The molecular weight excluding hydrogens is 248 g/mol. The first kappa shape index (κ1) is 17.4. The second-order valence-corrected chi connectivity index (χ2v) is 5.72. The zero-order valence-corrected chi connectivity index (χ0v) is 12.2. The van der Waals surface area contributed by atoms with E-state index < -0.39 is 5.97 Å². The van der Waals surface area contributed by atoms with E-state index in [4.69, 9.17) is 5.11 Å². The van der Waals surface area contributed by atoms with Gasteiger partial charge in [-0.3, -0.25) is 14.4 Å². The van der Waals surface area contributed by atoms with Crippen LogP contribution in [0.5, 0.6) is 0 Å². The highest BCUT2D eigenvalue weighted by atomic mass is 16.4. The molecule has 0 spiro atoms. The van der Waals surface area contributed by atoms with Crippen LogP contribution in [-0.2, 0) is 14.4 Å². The van der Waals surface area contributed by atoms with Gasteiger partial charge in [-0.15, -0.1) is 0 Å². The number of carbonyl (C=O) groups excluding carboxylic acids is 2. The van der Waals surface area contributed by atoms with Crippen molar-refractivity contribution in [1.29, 1.82) is 0 Å². The Hall–Kier alpha value is -1.59. The number of amides is 2. The zero-order valence-electron chi connectivity index (χ0n) is 12.2. The van der Waals surface area contributed by atoms with Crippen LogP contribution in [0.25, 0.3) is 0 Å². The molecule has 0 heterocycles. The topological polar surface area (TPSA) is 86.7 Å². The van der Waals surface area contributed by atoms with Gasteiger partial charge in [0.05, 0.1) is 6.54 Å². The first-order valence-corrected chi connectivity index (χ1v) is 6.42. The van der Waals surface area contributed by atoms with Crippen LogP contribution in [-0.4, -0.2) is 47.4 Å². The van der Waals surface area contributed by atoms with Crippen molar-refractivity contribution >= 4 is 17.8 Å². The third kappa shape index (κ3) is 9.04. The molecule has 0 aromatic rings. The number of hydrogen-bond acceptors (Lipinski definition) is 3. The second kappa shape index (κ2) is 7.76. The van der Waals surface area contributed by atoms with Gasteiger partial charge in [0.15, 0.2) is 0 Å². The Morgan fingerprint density at radius 1 is 1.21 bits per heavy atom. The largest absolute Gasteiger partial charge is 0.480 e.